The molecule has 1 aliphatic heterocycles. The molecule has 0 spiro atoms. The summed E-state index contributed by atoms with van der Waals surface area (Å²) in [6.07, 6.45) is 0. The maximum absolute atomic E-state index is 13.4. The molecule has 1 saturated heterocycles. The molecule has 1 aliphatic rings. The molecule has 1 fully saturated rings. The quantitative estimate of drug-likeness (QED) is 0.205. The number of ketones is 1. The molecule has 1 aromatic heterocycles. The predicted molar refractivity (Wildman–Crippen MR) is 141 cm³/mol. The van der Waals surface area contributed by atoms with Gasteiger partial charge in [0.15, 0.2) is 5.13 Å². The average molecular weight is 483 g/mol. The van der Waals surface area contributed by atoms with Crippen LogP contribution in [0.4, 0.5) is 5.13 Å². The highest BCUT2D eigenvalue weighted by Crippen LogP contribution is 2.44. The third kappa shape index (κ3) is 4.04. The first-order chi connectivity index (χ1) is 16.6. The van der Waals surface area contributed by atoms with Crippen LogP contribution in [-0.2, 0) is 15.0 Å². The normalized spacial score (nSPS) is 17.9. The fourth-order valence-corrected chi connectivity index (χ4v) is 5.48. The van der Waals surface area contributed by atoms with Crippen molar-refractivity contribution in [3.8, 4) is 0 Å². The van der Waals surface area contributed by atoms with E-state index < -0.39 is 17.7 Å². The Bertz CT molecular complexity index is 1480. The number of amides is 1. The van der Waals surface area contributed by atoms with Crippen LogP contribution in [0.5, 0.6) is 0 Å². The monoisotopic (exact) mass is 482 g/mol. The van der Waals surface area contributed by atoms with Crippen LogP contribution in [0.2, 0.25) is 0 Å². The number of hydrogen-bond acceptors (Lipinski definition) is 5. The number of carbonyl (C=O) groups is 2. The van der Waals surface area contributed by atoms with Crippen LogP contribution in [0.3, 0.4) is 0 Å². The second-order valence-corrected chi connectivity index (χ2v) is 10.9. The van der Waals surface area contributed by atoms with Gasteiger partial charge in [0.2, 0.25) is 0 Å². The standard InChI is InChI=1S/C29H26N2O3S/c1-17-10-15-21-22(16-17)35-28(30-21)31-24(18-11-13-20(14-12-18)29(2,3)4)23(26(33)27(31)34)25(32)19-8-6-5-7-9-19/h5-16,24,32H,1-4H3/b25-23+. The van der Waals surface area contributed by atoms with E-state index in [9.17, 15) is 14.7 Å². The Morgan fingerprint density at radius 3 is 2.31 bits per heavy atom. The second kappa shape index (κ2) is 8.47. The molecule has 6 heteroatoms. The Balaban J connectivity index is 1.72. The molecule has 1 unspecified atom stereocenters. The van der Waals surface area contributed by atoms with Crippen molar-refractivity contribution in [1.82, 2.24) is 4.98 Å². The zero-order valence-electron chi connectivity index (χ0n) is 20.1. The first kappa shape index (κ1) is 23.0. The number of Topliss-reactive ketones (excluding diaryl/α,β-unsaturated/α-hetero) is 1. The van der Waals surface area contributed by atoms with E-state index in [2.05, 4.69) is 25.8 Å². The van der Waals surface area contributed by atoms with Crippen molar-refractivity contribution in [3.05, 3.63) is 101 Å². The fraction of sp³-hybridized carbons (Fsp3) is 0.207. The van der Waals surface area contributed by atoms with Crippen molar-refractivity contribution in [2.45, 2.75) is 39.2 Å². The molecular weight excluding hydrogens is 456 g/mol. The summed E-state index contributed by atoms with van der Waals surface area (Å²) in [6, 6.07) is 21.9. The first-order valence-electron chi connectivity index (χ1n) is 11.5. The lowest BCUT2D eigenvalue weighted by Gasteiger charge is -2.24. The van der Waals surface area contributed by atoms with E-state index in [0.717, 1.165) is 26.9 Å². The van der Waals surface area contributed by atoms with Crippen LogP contribution in [0.1, 0.15) is 49.1 Å². The number of thiazole rings is 1. The van der Waals surface area contributed by atoms with Crippen molar-refractivity contribution < 1.29 is 14.7 Å². The number of rotatable bonds is 3. The molecule has 0 saturated carbocycles. The molecule has 5 nitrogen and oxygen atoms in total. The topological polar surface area (TPSA) is 70.5 Å². The molecule has 35 heavy (non-hydrogen) atoms. The number of carbonyl (C=O) groups excluding carboxylic acids is 2. The van der Waals surface area contributed by atoms with Gasteiger partial charge in [-0.2, -0.15) is 0 Å². The molecule has 2 heterocycles. The van der Waals surface area contributed by atoms with Gasteiger partial charge in [-0.05, 0) is 41.2 Å². The van der Waals surface area contributed by atoms with Crippen LogP contribution < -0.4 is 4.90 Å². The van der Waals surface area contributed by atoms with Crippen LogP contribution in [0.25, 0.3) is 16.0 Å². The van der Waals surface area contributed by atoms with Gasteiger partial charge in [-0.15, -0.1) is 0 Å². The largest absolute Gasteiger partial charge is 0.507 e. The summed E-state index contributed by atoms with van der Waals surface area (Å²) < 4.78 is 0.937. The van der Waals surface area contributed by atoms with E-state index in [1.165, 1.54) is 16.2 Å². The molecule has 0 radical (unpaired) electrons. The van der Waals surface area contributed by atoms with Gasteiger partial charge in [0.25, 0.3) is 5.78 Å². The molecular formula is C29H26N2O3S. The average Bonchev–Trinajstić information content (AvgIpc) is 3.36. The van der Waals surface area contributed by atoms with Crippen LogP contribution >= 0.6 is 11.3 Å². The van der Waals surface area contributed by atoms with Gasteiger partial charge < -0.3 is 5.11 Å². The molecule has 4 aromatic rings. The Labute approximate surface area is 208 Å². The number of aliphatic hydroxyl groups is 1. The van der Waals surface area contributed by atoms with Crippen molar-refractivity contribution in [2.24, 2.45) is 0 Å². The van der Waals surface area contributed by atoms with E-state index >= 15 is 0 Å². The Morgan fingerprint density at radius 2 is 1.66 bits per heavy atom. The Morgan fingerprint density at radius 1 is 0.971 bits per heavy atom. The second-order valence-electron chi connectivity index (χ2n) is 9.87. The van der Waals surface area contributed by atoms with Gasteiger partial charge in [-0.3, -0.25) is 14.5 Å². The number of benzene rings is 3. The van der Waals surface area contributed by atoms with Crippen LogP contribution in [-0.4, -0.2) is 21.8 Å². The number of nitrogens with zero attached hydrogens (tertiary/aromatic N) is 2. The lowest BCUT2D eigenvalue weighted by atomic mass is 9.85. The number of aliphatic hydroxyl groups excluding tert-OH is 1. The summed E-state index contributed by atoms with van der Waals surface area (Å²) in [5.41, 5.74) is 4.24. The smallest absolute Gasteiger partial charge is 0.301 e. The van der Waals surface area contributed by atoms with E-state index in [0.29, 0.717) is 10.7 Å². The maximum atomic E-state index is 13.4. The van der Waals surface area contributed by atoms with Crippen molar-refractivity contribution >= 4 is 44.1 Å². The van der Waals surface area contributed by atoms with Gasteiger partial charge in [0.1, 0.15) is 5.76 Å². The van der Waals surface area contributed by atoms with Crippen LogP contribution in [0, 0.1) is 6.92 Å². The predicted octanol–water partition coefficient (Wildman–Crippen LogP) is 6.53. The minimum Gasteiger partial charge on any atom is -0.507 e. The third-order valence-corrected chi connectivity index (χ3v) is 7.34. The van der Waals surface area contributed by atoms with Gasteiger partial charge >= 0.3 is 5.91 Å². The number of hydrogen-bond donors (Lipinski definition) is 1. The molecule has 0 aliphatic carbocycles. The summed E-state index contributed by atoms with van der Waals surface area (Å²) in [5.74, 6) is -1.59. The van der Waals surface area contributed by atoms with E-state index in [-0.39, 0.29) is 16.7 Å². The zero-order valence-corrected chi connectivity index (χ0v) is 20.9. The molecule has 1 N–H and O–H groups in total. The number of aromatic nitrogens is 1. The fourth-order valence-electron chi connectivity index (χ4n) is 4.38. The van der Waals surface area contributed by atoms with Crippen molar-refractivity contribution in [1.29, 1.82) is 0 Å². The maximum Gasteiger partial charge on any atom is 0.301 e. The van der Waals surface area contributed by atoms with E-state index in [1.807, 2.05) is 55.5 Å². The van der Waals surface area contributed by atoms with Crippen molar-refractivity contribution in [3.63, 3.8) is 0 Å². The van der Waals surface area contributed by atoms with Gasteiger partial charge in [-0.25, -0.2) is 4.98 Å². The van der Waals surface area contributed by atoms with Gasteiger partial charge in [-0.1, -0.05) is 92.8 Å². The van der Waals surface area contributed by atoms with E-state index in [1.54, 1.807) is 24.3 Å². The summed E-state index contributed by atoms with van der Waals surface area (Å²) in [7, 11) is 0. The van der Waals surface area contributed by atoms with E-state index in [4.69, 9.17) is 0 Å². The molecule has 1 amide bonds. The Kier molecular flexibility index (Phi) is 5.56. The number of fused-ring (bicyclic) bond motifs is 1. The van der Waals surface area contributed by atoms with Crippen molar-refractivity contribution in [2.75, 3.05) is 4.90 Å². The highest BCUT2D eigenvalue weighted by Gasteiger charge is 2.48. The molecule has 5 rings (SSSR count). The molecule has 1 atom stereocenters. The summed E-state index contributed by atoms with van der Waals surface area (Å²) in [5, 5.41) is 11.7. The minimum absolute atomic E-state index is 0.0464. The SMILES string of the molecule is Cc1ccc2nc(N3C(=O)C(=O)/C(=C(/O)c4ccccc4)C3c3ccc(C(C)(C)C)cc3)sc2c1. The zero-order chi connectivity index (χ0) is 24.9. The first-order valence-corrected chi connectivity index (χ1v) is 12.3. The summed E-state index contributed by atoms with van der Waals surface area (Å²) in [4.78, 5) is 32.9. The van der Waals surface area contributed by atoms with Gasteiger partial charge in [0, 0.05) is 5.56 Å². The van der Waals surface area contributed by atoms with Gasteiger partial charge in [0.05, 0.1) is 21.8 Å². The summed E-state index contributed by atoms with van der Waals surface area (Å²) in [6.45, 7) is 8.40. The van der Waals surface area contributed by atoms with Crippen LogP contribution in [0.15, 0.2) is 78.4 Å². The molecule has 3 aromatic carbocycles. The number of aryl methyl sites for hydroxylation is 1. The third-order valence-electron chi connectivity index (χ3n) is 6.32. The minimum atomic E-state index is -0.786. The lowest BCUT2D eigenvalue weighted by Crippen LogP contribution is -2.29. The lowest BCUT2D eigenvalue weighted by molar-refractivity contribution is -0.132. The molecule has 0 bridgehead atoms. The summed E-state index contributed by atoms with van der Waals surface area (Å²) >= 11 is 1.37. The molecule has 176 valence electrons. The number of anilines is 1. The Hall–Kier alpha value is -3.77. The highest BCUT2D eigenvalue weighted by molar-refractivity contribution is 7.22. The highest BCUT2D eigenvalue weighted by atomic mass is 32.1.